The van der Waals surface area contributed by atoms with Gasteiger partial charge in [0, 0.05) is 6.61 Å². The molecule has 1 N–H and O–H groups in total. The summed E-state index contributed by atoms with van der Waals surface area (Å²) in [5, 5.41) is 20.1. The smallest absolute Gasteiger partial charge is 0.0994 e. The van der Waals surface area contributed by atoms with Crippen LogP contribution in [0.4, 0.5) is 0 Å². The van der Waals surface area contributed by atoms with E-state index in [1.54, 1.807) is 0 Å². The highest BCUT2D eigenvalue weighted by Crippen LogP contribution is 2.22. The fraction of sp³-hybridized carbons (Fsp3) is 0.154. The third-order valence-corrected chi connectivity index (χ3v) is 2.52. The number of hydrogen-bond donors (Lipinski definition) is 1. The van der Waals surface area contributed by atoms with Gasteiger partial charge in [-0.25, -0.2) is 0 Å². The normalized spacial score (nSPS) is 10.1. The molecule has 74 valence electrons. The third-order valence-electron chi connectivity index (χ3n) is 2.52. The van der Waals surface area contributed by atoms with E-state index in [9.17, 15) is 0 Å². The fourth-order valence-corrected chi connectivity index (χ4v) is 1.82. The first kappa shape index (κ1) is 9.70. The van der Waals surface area contributed by atoms with Crippen LogP contribution >= 0.6 is 0 Å². The van der Waals surface area contributed by atoms with E-state index in [1.807, 2.05) is 36.4 Å². The molecule has 0 aliphatic rings. The van der Waals surface area contributed by atoms with Gasteiger partial charge in [0.2, 0.25) is 0 Å². The van der Waals surface area contributed by atoms with Gasteiger partial charge >= 0.3 is 0 Å². The zero-order chi connectivity index (χ0) is 10.7. The SMILES string of the molecule is N#Cc1ccc2ccccc2c1CCO. The van der Waals surface area contributed by atoms with Crippen molar-refractivity contribution >= 4 is 10.8 Å². The van der Waals surface area contributed by atoms with E-state index in [1.165, 1.54) is 0 Å². The molecular weight excluding hydrogens is 186 g/mol. The van der Waals surface area contributed by atoms with Crippen LogP contribution in [-0.4, -0.2) is 11.7 Å². The van der Waals surface area contributed by atoms with Gasteiger partial charge in [0.1, 0.15) is 0 Å². The Morgan fingerprint density at radius 2 is 1.93 bits per heavy atom. The van der Waals surface area contributed by atoms with Crippen LogP contribution in [0.3, 0.4) is 0 Å². The summed E-state index contributed by atoms with van der Waals surface area (Å²) in [6, 6.07) is 13.8. The Bertz CT molecular complexity index is 526. The second-order valence-electron chi connectivity index (χ2n) is 3.40. The molecule has 2 aromatic carbocycles. The summed E-state index contributed by atoms with van der Waals surface area (Å²) in [6.07, 6.45) is 0.532. The van der Waals surface area contributed by atoms with Crippen molar-refractivity contribution < 1.29 is 5.11 Å². The topological polar surface area (TPSA) is 44.0 Å². The molecule has 0 atom stereocenters. The highest BCUT2D eigenvalue weighted by Gasteiger charge is 2.05. The minimum absolute atomic E-state index is 0.0721. The number of aliphatic hydroxyl groups excluding tert-OH is 1. The molecule has 2 aromatic rings. The fourth-order valence-electron chi connectivity index (χ4n) is 1.82. The number of nitriles is 1. The summed E-state index contributed by atoms with van der Waals surface area (Å²) < 4.78 is 0. The van der Waals surface area contributed by atoms with Crippen molar-refractivity contribution in [3.8, 4) is 6.07 Å². The van der Waals surface area contributed by atoms with Crippen molar-refractivity contribution in [3.05, 3.63) is 47.5 Å². The summed E-state index contributed by atoms with van der Waals surface area (Å²) in [7, 11) is 0. The van der Waals surface area contributed by atoms with Crippen LogP contribution in [0.2, 0.25) is 0 Å². The van der Waals surface area contributed by atoms with Crippen LogP contribution in [0.15, 0.2) is 36.4 Å². The number of hydrogen-bond acceptors (Lipinski definition) is 2. The van der Waals surface area contributed by atoms with Crippen LogP contribution in [0, 0.1) is 11.3 Å². The first-order valence-corrected chi connectivity index (χ1v) is 4.88. The number of nitrogens with zero attached hydrogens (tertiary/aromatic N) is 1. The predicted octanol–water partition coefficient (Wildman–Crippen LogP) is 2.25. The van der Waals surface area contributed by atoms with Gasteiger partial charge in [-0.3, -0.25) is 0 Å². The van der Waals surface area contributed by atoms with Crippen LogP contribution in [0.5, 0.6) is 0 Å². The van der Waals surface area contributed by atoms with Gasteiger partial charge in [-0.1, -0.05) is 30.3 Å². The zero-order valence-corrected chi connectivity index (χ0v) is 8.27. The molecule has 2 nitrogen and oxygen atoms in total. The van der Waals surface area contributed by atoms with Crippen LogP contribution in [-0.2, 0) is 6.42 Å². The maximum atomic E-state index is 8.99. The lowest BCUT2D eigenvalue weighted by atomic mass is 9.97. The molecule has 0 amide bonds. The van der Waals surface area contributed by atoms with Gasteiger partial charge < -0.3 is 5.11 Å². The molecule has 0 aromatic heterocycles. The molecule has 0 bridgehead atoms. The molecular formula is C13H11NO. The van der Waals surface area contributed by atoms with Crippen LogP contribution in [0.1, 0.15) is 11.1 Å². The number of rotatable bonds is 2. The summed E-state index contributed by atoms with van der Waals surface area (Å²) in [4.78, 5) is 0. The van der Waals surface area contributed by atoms with Crippen molar-refractivity contribution in [2.45, 2.75) is 6.42 Å². The Labute approximate surface area is 88.4 Å². The summed E-state index contributed by atoms with van der Waals surface area (Å²) >= 11 is 0. The van der Waals surface area contributed by atoms with Gasteiger partial charge in [0.25, 0.3) is 0 Å². The summed E-state index contributed by atoms with van der Waals surface area (Å²) in [5.41, 5.74) is 1.60. The predicted molar refractivity (Wildman–Crippen MR) is 59.5 cm³/mol. The average Bonchev–Trinajstić information content (AvgIpc) is 2.30. The van der Waals surface area contributed by atoms with Crippen molar-refractivity contribution in [2.24, 2.45) is 0 Å². The lowest BCUT2D eigenvalue weighted by Gasteiger charge is -2.06. The second kappa shape index (κ2) is 4.12. The van der Waals surface area contributed by atoms with Crippen LogP contribution in [0.25, 0.3) is 10.8 Å². The van der Waals surface area contributed by atoms with Gasteiger partial charge in [-0.05, 0) is 28.8 Å². The molecule has 0 spiro atoms. The lowest BCUT2D eigenvalue weighted by molar-refractivity contribution is 0.300. The summed E-state index contributed by atoms with van der Waals surface area (Å²) in [5.74, 6) is 0. The van der Waals surface area contributed by atoms with E-state index in [0.29, 0.717) is 12.0 Å². The van der Waals surface area contributed by atoms with E-state index < -0.39 is 0 Å². The summed E-state index contributed by atoms with van der Waals surface area (Å²) in [6.45, 7) is 0.0721. The quantitative estimate of drug-likeness (QED) is 0.802. The van der Waals surface area contributed by atoms with Gasteiger partial charge in [-0.2, -0.15) is 5.26 Å². The van der Waals surface area contributed by atoms with E-state index >= 15 is 0 Å². The number of fused-ring (bicyclic) bond motifs is 1. The standard InChI is InChI=1S/C13H11NO/c14-9-11-6-5-10-3-1-2-4-12(10)13(11)7-8-15/h1-6,15H,7-8H2. The Kier molecular flexibility index (Phi) is 2.66. The molecule has 2 heteroatoms. The molecule has 0 saturated heterocycles. The first-order chi connectivity index (χ1) is 7.36. The molecule has 0 saturated carbocycles. The highest BCUT2D eigenvalue weighted by atomic mass is 16.2. The maximum absolute atomic E-state index is 8.99. The Morgan fingerprint density at radius 1 is 1.13 bits per heavy atom. The number of benzene rings is 2. The van der Waals surface area contributed by atoms with Crippen molar-refractivity contribution in [1.82, 2.24) is 0 Å². The van der Waals surface area contributed by atoms with Crippen molar-refractivity contribution in [3.63, 3.8) is 0 Å². The van der Waals surface area contributed by atoms with E-state index in [-0.39, 0.29) is 6.61 Å². The lowest BCUT2D eigenvalue weighted by Crippen LogP contribution is -1.96. The van der Waals surface area contributed by atoms with Crippen molar-refractivity contribution in [2.75, 3.05) is 6.61 Å². The molecule has 0 aliphatic heterocycles. The first-order valence-electron chi connectivity index (χ1n) is 4.88. The monoisotopic (exact) mass is 197 g/mol. The minimum atomic E-state index is 0.0721. The zero-order valence-electron chi connectivity index (χ0n) is 8.27. The van der Waals surface area contributed by atoms with E-state index in [4.69, 9.17) is 10.4 Å². The second-order valence-corrected chi connectivity index (χ2v) is 3.40. The molecule has 0 unspecified atom stereocenters. The Balaban J connectivity index is 2.74. The number of aliphatic hydroxyl groups is 1. The molecule has 0 fully saturated rings. The molecule has 0 radical (unpaired) electrons. The van der Waals surface area contributed by atoms with Crippen molar-refractivity contribution in [1.29, 1.82) is 5.26 Å². The molecule has 2 rings (SSSR count). The Morgan fingerprint density at radius 3 is 2.67 bits per heavy atom. The highest BCUT2D eigenvalue weighted by molar-refractivity contribution is 5.87. The van der Waals surface area contributed by atoms with Crippen LogP contribution < -0.4 is 0 Å². The van der Waals surface area contributed by atoms with Gasteiger partial charge in [0.15, 0.2) is 0 Å². The maximum Gasteiger partial charge on any atom is 0.0994 e. The Hall–Kier alpha value is -1.85. The van der Waals surface area contributed by atoms with E-state index in [2.05, 4.69) is 6.07 Å². The molecule has 15 heavy (non-hydrogen) atoms. The third kappa shape index (κ3) is 1.70. The minimum Gasteiger partial charge on any atom is -0.396 e. The van der Waals surface area contributed by atoms with E-state index in [0.717, 1.165) is 16.3 Å². The molecule has 0 aliphatic carbocycles. The van der Waals surface area contributed by atoms with Gasteiger partial charge in [0.05, 0.1) is 11.6 Å². The largest absolute Gasteiger partial charge is 0.396 e. The average molecular weight is 197 g/mol. The van der Waals surface area contributed by atoms with Gasteiger partial charge in [-0.15, -0.1) is 0 Å². The molecule has 0 heterocycles.